The van der Waals surface area contributed by atoms with Crippen LogP contribution >= 0.6 is 0 Å². The Morgan fingerprint density at radius 1 is 1.30 bits per heavy atom. The van der Waals surface area contributed by atoms with Gasteiger partial charge in [-0.25, -0.2) is 19.4 Å². The van der Waals surface area contributed by atoms with Gasteiger partial charge in [0.05, 0.1) is 29.2 Å². The van der Waals surface area contributed by atoms with E-state index in [0.29, 0.717) is 5.69 Å². The molecule has 3 aromatic rings. The van der Waals surface area contributed by atoms with Crippen molar-refractivity contribution in [2.45, 2.75) is 32.4 Å². The summed E-state index contributed by atoms with van der Waals surface area (Å²) in [4.78, 5) is 22.6. The van der Waals surface area contributed by atoms with E-state index in [1.54, 1.807) is 29.1 Å². The van der Waals surface area contributed by atoms with Crippen LogP contribution in [-0.4, -0.2) is 42.3 Å². The summed E-state index contributed by atoms with van der Waals surface area (Å²) in [5, 5.41) is 13.8. The Morgan fingerprint density at radius 3 is 2.96 bits per heavy atom. The fraction of sp³-hybridized carbons (Fsp3) is 0.300. The van der Waals surface area contributed by atoms with Gasteiger partial charge in [-0.1, -0.05) is 12.1 Å². The van der Waals surface area contributed by atoms with Gasteiger partial charge >= 0.3 is 5.97 Å². The summed E-state index contributed by atoms with van der Waals surface area (Å²) < 4.78 is 1.64. The monoisotopic (exact) mass is 363 g/mol. The first-order valence-electron chi connectivity index (χ1n) is 9.01. The number of carboxylic acids is 1. The Morgan fingerprint density at radius 2 is 2.15 bits per heavy atom. The second-order valence-electron chi connectivity index (χ2n) is 6.77. The quantitative estimate of drug-likeness (QED) is 0.750. The lowest BCUT2D eigenvalue weighted by Gasteiger charge is -2.23. The van der Waals surface area contributed by atoms with Crippen molar-refractivity contribution in [3.8, 4) is 5.69 Å². The maximum Gasteiger partial charge on any atom is 0.337 e. The van der Waals surface area contributed by atoms with E-state index in [1.165, 1.54) is 0 Å². The molecule has 1 saturated heterocycles. The number of aromatic carboxylic acids is 1. The zero-order chi connectivity index (χ0) is 18.8. The van der Waals surface area contributed by atoms with Crippen molar-refractivity contribution in [2.75, 3.05) is 6.54 Å². The number of nitrogens with zero attached hydrogens (tertiary/aromatic N) is 5. The van der Waals surface area contributed by atoms with Gasteiger partial charge in [0.1, 0.15) is 5.82 Å². The average molecular weight is 363 g/mol. The van der Waals surface area contributed by atoms with Crippen LogP contribution in [0, 0.1) is 6.92 Å². The molecule has 7 heteroatoms. The minimum absolute atomic E-state index is 0.239. The lowest BCUT2D eigenvalue weighted by Crippen LogP contribution is -2.23. The van der Waals surface area contributed by atoms with Gasteiger partial charge < -0.3 is 5.11 Å². The molecular weight excluding hydrogens is 342 g/mol. The number of aryl methyl sites for hydroxylation is 1. The van der Waals surface area contributed by atoms with E-state index >= 15 is 0 Å². The van der Waals surface area contributed by atoms with Crippen LogP contribution in [-0.2, 0) is 6.54 Å². The topological polar surface area (TPSA) is 84.1 Å². The van der Waals surface area contributed by atoms with Gasteiger partial charge in [-0.15, -0.1) is 0 Å². The molecule has 0 amide bonds. The largest absolute Gasteiger partial charge is 0.478 e. The first kappa shape index (κ1) is 17.4. The number of aromatic nitrogens is 4. The number of carbonyl (C=O) groups is 1. The summed E-state index contributed by atoms with van der Waals surface area (Å²) in [6.45, 7) is 3.67. The third kappa shape index (κ3) is 3.59. The van der Waals surface area contributed by atoms with Gasteiger partial charge in [0.15, 0.2) is 0 Å². The number of hydrogen-bond donors (Lipinski definition) is 1. The maximum atomic E-state index is 11.4. The van der Waals surface area contributed by atoms with E-state index in [2.05, 4.69) is 20.0 Å². The molecule has 0 aliphatic carbocycles. The first-order valence-corrected chi connectivity index (χ1v) is 9.01. The smallest absolute Gasteiger partial charge is 0.337 e. The van der Waals surface area contributed by atoms with Crippen molar-refractivity contribution in [1.82, 2.24) is 24.6 Å². The van der Waals surface area contributed by atoms with Crippen LogP contribution < -0.4 is 0 Å². The van der Waals surface area contributed by atoms with Crippen LogP contribution in [0.3, 0.4) is 0 Å². The molecule has 3 heterocycles. The van der Waals surface area contributed by atoms with Crippen LogP contribution in [0.25, 0.3) is 5.69 Å². The van der Waals surface area contributed by atoms with Crippen LogP contribution in [0.4, 0.5) is 0 Å². The zero-order valence-electron chi connectivity index (χ0n) is 15.1. The summed E-state index contributed by atoms with van der Waals surface area (Å²) >= 11 is 0. The number of rotatable bonds is 5. The first-order chi connectivity index (χ1) is 13.1. The van der Waals surface area contributed by atoms with Crippen LogP contribution in [0.15, 0.2) is 48.9 Å². The molecule has 7 nitrogen and oxygen atoms in total. The normalized spacial score (nSPS) is 17.3. The highest BCUT2D eigenvalue weighted by Gasteiger charge is 2.27. The predicted octanol–water partition coefficient (Wildman–Crippen LogP) is 3.01. The molecule has 0 bridgehead atoms. The second-order valence-corrected chi connectivity index (χ2v) is 6.77. The fourth-order valence-corrected chi connectivity index (χ4v) is 3.67. The van der Waals surface area contributed by atoms with Gasteiger partial charge in [-0.2, -0.15) is 5.10 Å². The highest BCUT2D eigenvalue weighted by molar-refractivity contribution is 5.91. The summed E-state index contributed by atoms with van der Waals surface area (Å²) in [5.41, 5.74) is 2.92. The maximum absolute atomic E-state index is 11.4. The zero-order valence-corrected chi connectivity index (χ0v) is 15.1. The van der Waals surface area contributed by atoms with E-state index in [-0.39, 0.29) is 11.6 Å². The molecular formula is C20H21N5O2. The molecule has 1 aliphatic heterocycles. The fourth-order valence-electron chi connectivity index (χ4n) is 3.67. The molecule has 1 fully saturated rings. The van der Waals surface area contributed by atoms with Gasteiger partial charge in [0, 0.05) is 24.5 Å². The summed E-state index contributed by atoms with van der Waals surface area (Å²) in [7, 11) is 0. The van der Waals surface area contributed by atoms with E-state index in [1.807, 2.05) is 31.5 Å². The van der Waals surface area contributed by atoms with Gasteiger partial charge in [0.2, 0.25) is 0 Å². The number of benzene rings is 1. The molecule has 1 aliphatic rings. The molecule has 1 N–H and O–H groups in total. The summed E-state index contributed by atoms with van der Waals surface area (Å²) in [6, 6.07) is 9.16. The lowest BCUT2D eigenvalue weighted by molar-refractivity contribution is 0.0696. The predicted molar refractivity (Wildman–Crippen MR) is 99.7 cm³/mol. The van der Waals surface area contributed by atoms with Crippen LogP contribution in [0.1, 0.15) is 46.3 Å². The molecule has 1 atom stereocenters. The van der Waals surface area contributed by atoms with E-state index in [9.17, 15) is 9.90 Å². The van der Waals surface area contributed by atoms with Crippen LogP contribution in [0.5, 0.6) is 0 Å². The molecule has 138 valence electrons. The molecule has 0 radical (unpaired) electrons. The minimum atomic E-state index is -0.957. The molecule has 0 saturated carbocycles. The van der Waals surface area contributed by atoms with Gasteiger partial charge in [-0.05, 0) is 44.5 Å². The van der Waals surface area contributed by atoms with Crippen molar-refractivity contribution in [2.24, 2.45) is 0 Å². The highest BCUT2D eigenvalue weighted by Crippen LogP contribution is 2.32. The van der Waals surface area contributed by atoms with Crippen molar-refractivity contribution in [3.05, 3.63) is 71.6 Å². The Balaban J connectivity index is 1.55. The second kappa shape index (κ2) is 7.28. The Kier molecular flexibility index (Phi) is 4.68. The van der Waals surface area contributed by atoms with Crippen molar-refractivity contribution < 1.29 is 9.90 Å². The van der Waals surface area contributed by atoms with Gasteiger partial charge in [0.25, 0.3) is 0 Å². The van der Waals surface area contributed by atoms with E-state index < -0.39 is 5.97 Å². The summed E-state index contributed by atoms with van der Waals surface area (Å²) in [6.07, 6.45) is 7.73. The molecule has 4 rings (SSSR count). The Hall–Kier alpha value is -3.06. The summed E-state index contributed by atoms with van der Waals surface area (Å²) in [5.74, 6) is -0.168. The van der Waals surface area contributed by atoms with E-state index in [0.717, 1.165) is 43.0 Å². The molecule has 0 spiro atoms. The Labute approximate surface area is 157 Å². The molecule has 1 aromatic carbocycles. The Bertz CT molecular complexity index is 968. The van der Waals surface area contributed by atoms with Crippen molar-refractivity contribution in [1.29, 1.82) is 0 Å². The number of para-hydroxylation sites is 1. The molecule has 2 aromatic heterocycles. The molecule has 0 unspecified atom stereocenters. The van der Waals surface area contributed by atoms with E-state index in [4.69, 9.17) is 0 Å². The van der Waals surface area contributed by atoms with Crippen molar-refractivity contribution in [3.63, 3.8) is 0 Å². The molecule has 27 heavy (non-hydrogen) atoms. The standard InChI is InChI=1S/C20H21N5O2/c1-14-21-9-8-17(23-14)19-7-4-10-24(19)12-15-11-22-25(13-15)18-6-3-2-5-16(18)20(26)27/h2-3,5-6,8-9,11,13,19H,4,7,10,12H2,1H3,(H,26,27)/t19-/m0/s1. The van der Waals surface area contributed by atoms with Crippen LogP contribution in [0.2, 0.25) is 0 Å². The SMILES string of the molecule is Cc1nccc([C@@H]2CCCN2Cc2cnn(-c3ccccc3C(=O)O)c2)n1. The lowest BCUT2D eigenvalue weighted by atomic mass is 10.1. The average Bonchev–Trinajstić information content (AvgIpc) is 3.32. The van der Waals surface area contributed by atoms with Gasteiger partial charge in [-0.3, -0.25) is 4.90 Å². The number of likely N-dealkylation sites (tertiary alicyclic amines) is 1. The number of carboxylic acid groups (broad SMARTS) is 1. The highest BCUT2D eigenvalue weighted by atomic mass is 16.4. The van der Waals surface area contributed by atoms with Crippen molar-refractivity contribution >= 4 is 5.97 Å². The third-order valence-corrected chi connectivity index (χ3v) is 4.91. The number of hydrogen-bond acceptors (Lipinski definition) is 5. The third-order valence-electron chi connectivity index (χ3n) is 4.91. The minimum Gasteiger partial charge on any atom is -0.478 e.